The second-order valence-corrected chi connectivity index (χ2v) is 15.1. The van der Waals surface area contributed by atoms with Gasteiger partial charge in [-0.1, -0.05) is 0 Å². The second kappa shape index (κ2) is 11.8. The summed E-state index contributed by atoms with van der Waals surface area (Å²) < 4.78 is 77.9. The van der Waals surface area contributed by atoms with E-state index in [9.17, 15) is 31.2 Å². The monoisotopic (exact) mass is 662 g/mol. The van der Waals surface area contributed by atoms with Crippen molar-refractivity contribution in [3.05, 3.63) is 59.8 Å². The number of benzene rings is 2. The highest BCUT2D eigenvalue weighted by molar-refractivity contribution is 7.89. The van der Waals surface area contributed by atoms with Crippen LogP contribution in [-0.4, -0.2) is 89.5 Å². The molecule has 3 atom stereocenters. The number of hydrogen-bond donors (Lipinski definition) is 1. The number of piperazine rings is 1. The molecule has 46 heavy (non-hydrogen) atoms. The van der Waals surface area contributed by atoms with Crippen molar-refractivity contribution in [3.63, 3.8) is 0 Å². The van der Waals surface area contributed by atoms with Crippen molar-refractivity contribution in [2.75, 3.05) is 26.2 Å². The van der Waals surface area contributed by atoms with Crippen LogP contribution in [0.25, 0.3) is 10.9 Å². The minimum Gasteiger partial charge on any atom is -0.490 e. The first kappa shape index (κ1) is 32.2. The van der Waals surface area contributed by atoms with E-state index in [-0.39, 0.29) is 61.3 Å². The normalized spacial score (nSPS) is 22.7. The van der Waals surface area contributed by atoms with Crippen molar-refractivity contribution in [1.29, 1.82) is 0 Å². The Kier molecular flexibility index (Phi) is 8.24. The lowest BCUT2D eigenvalue weighted by atomic mass is 10.00. The van der Waals surface area contributed by atoms with E-state index in [4.69, 9.17) is 9.47 Å². The number of ether oxygens (including phenoxy) is 2. The third-order valence-electron chi connectivity index (χ3n) is 8.76. The van der Waals surface area contributed by atoms with Crippen LogP contribution in [0, 0.1) is 0 Å². The smallest absolute Gasteiger partial charge is 0.416 e. The molecule has 3 aliphatic heterocycles. The summed E-state index contributed by atoms with van der Waals surface area (Å²) in [6, 6.07) is 10.9. The number of halogens is 3. The number of nitrogens with one attached hydrogen (secondary N) is 1. The summed E-state index contributed by atoms with van der Waals surface area (Å²) in [7, 11) is -4.01. The van der Waals surface area contributed by atoms with Crippen LogP contribution in [0.5, 0.6) is 5.75 Å². The number of aromatic amines is 1. The second-order valence-electron chi connectivity index (χ2n) is 13.1. The van der Waals surface area contributed by atoms with Crippen LogP contribution < -0.4 is 4.74 Å². The Balaban J connectivity index is 1.06. The van der Waals surface area contributed by atoms with Crippen molar-refractivity contribution < 1.29 is 40.7 Å². The van der Waals surface area contributed by atoms with Crippen LogP contribution in [0.15, 0.2) is 53.4 Å². The average molecular weight is 663 g/mol. The summed E-state index contributed by atoms with van der Waals surface area (Å²) in [5.41, 5.74) is -0.371. The van der Waals surface area contributed by atoms with Gasteiger partial charge in [-0.25, -0.2) is 13.2 Å². The number of hydrogen-bond acceptors (Lipinski definition) is 6. The molecule has 0 spiro atoms. The molecule has 2 aromatic carbocycles. The summed E-state index contributed by atoms with van der Waals surface area (Å²) in [4.78, 5) is 32.5. The zero-order chi connectivity index (χ0) is 33.0. The van der Waals surface area contributed by atoms with Gasteiger partial charge >= 0.3 is 12.3 Å². The van der Waals surface area contributed by atoms with Crippen molar-refractivity contribution in [2.24, 2.45) is 0 Å². The molecule has 10 nitrogen and oxygen atoms in total. The molecule has 14 heteroatoms. The maximum atomic E-state index is 13.3. The Bertz CT molecular complexity index is 1710. The predicted octanol–water partition coefficient (Wildman–Crippen LogP) is 5.64. The summed E-state index contributed by atoms with van der Waals surface area (Å²) in [6.07, 6.45) is -1.62. The number of carbonyl (C=O) groups is 2. The van der Waals surface area contributed by atoms with Gasteiger partial charge in [0.2, 0.25) is 10.0 Å². The third kappa shape index (κ3) is 6.55. The molecule has 2 bridgehead atoms. The van der Waals surface area contributed by atoms with E-state index in [2.05, 4.69) is 4.98 Å². The van der Waals surface area contributed by atoms with Gasteiger partial charge < -0.3 is 24.3 Å². The fourth-order valence-corrected chi connectivity index (χ4v) is 8.02. The molecule has 3 aliphatic rings. The molecule has 6 rings (SSSR count). The zero-order valence-corrected chi connectivity index (χ0v) is 26.7. The molecule has 0 radical (unpaired) electrons. The number of fused-ring (bicyclic) bond motifs is 3. The Morgan fingerprint density at radius 1 is 0.891 bits per heavy atom. The molecular weight excluding hydrogens is 625 g/mol. The standard InChI is InChI=1S/C32H37F3N4O6S/c1-31(2,3)45-30(41)39-22-6-7-23(39)19-25(18-22)44-24-8-11-27-20(16-24)17-28(36-27)29(40)37-12-14-38(15-13-37)46(42,43)26-9-4-21(5-10-26)32(33,34)35/h4-5,8-11,16-17,22-23,25,36H,6-7,12-15,18-19H2,1-3H3/t22-,23+,25-. The van der Waals surface area contributed by atoms with Crippen molar-refractivity contribution in [2.45, 2.75) is 81.3 Å². The summed E-state index contributed by atoms with van der Waals surface area (Å²) in [5.74, 6) is 0.388. The van der Waals surface area contributed by atoms with Crippen molar-refractivity contribution in [1.82, 2.24) is 19.1 Å². The van der Waals surface area contributed by atoms with Crippen LogP contribution in [0.2, 0.25) is 0 Å². The number of aromatic nitrogens is 1. The number of nitrogens with zero attached hydrogens (tertiary/aromatic N) is 3. The average Bonchev–Trinajstić information content (AvgIpc) is 3.53. The minimum absolute atomic E-state index is 0.0159. The Hall–Kier alpha value is -3.78. The lowest BCUT2D eigenvalue weighted by Gasteiger charge is -2.39. The molecule has 1 aromatic heterocycles. The van der Waals surface area contributed by atoms with Gasteiger partial charge in [0.25, 0.3) is 5.91 Å². The Morgan fingerprint density at radius 2 is 1.52 bits per heavy atom. The Morgan fingerprint density at radius 3 is 2.11 bits per heavy atom. The first-order chi connectivity index (χ1) is 21.6. The zero-order valence-electron chi connectivity index (χ0n) is 25.8. The van der Waals surface area contributed by atoms with E-state index in [0.717, 1.165) is 48.0 Å². The SMILES string of the molecule is CC(C)(C)OC(=O)N1[C@@H]2CC[C@H]1C[C@H](Oc1ccc3[nH]c(C(=O)N4CCN(S(=O)(=O)c5ccc(C(F)(F)F)cc5)CC4)cc3c1)C2. The van der Waals surface area contributed by atoms with Gasteiger partial charge in [-0.3, -0.25) is 4.79 Å². The number of piperidine rings is 1. The highest BCUT2D eigenvalue weighted by atomic mass is 32.2. The van der Waals surface area contributed by atoms with Crippen LogP contribution in [0.1, 0.15) is 62.5 Å². The molecule has 2 amide bonds. The highest BCUT2D eigenvalue weighted by Crippen LogP contribution is 2.39. The first-order valence-electron chi connectivity index (χ1n) is 15.4. The van der Waals surface area contributed by atoms with Gasteiger partial charge in [0, 0.05) is 62.0 Å². The lowest BCUT2D eigenvalue weighted by Crippen LogP contribution is -2.50. The molecule has 3 saturated heterocycles. The molecule has 0 aliphatic carbocycles. The number of H-pyrrole nitrogens is 1. The van der Waals surface area contributed by atoms with E-state index < -0.39 is 27.4 Å². The minimum atomic E-state index is -4.56. The van der Waals surface area contributed by atoms with Crippen LogP contribution in [0.4, 0.5) is 18.0 Å². The van der Waals surface area contributed by atoms with Gasteiger partial charge in [-0.05, 0) is 82.1 Å². The molecule has 248 valence electrons. The third-order valence-corrected chi connectivity index (χ3v) is 10.7. The molecule has 1 N–H and O–H groups in total. The summed E-state index contributed by atoms with van der Waals surface area (Å²) in [6.45, 7) is 5.88. The van der Waals surface area contributed by atoms with Crippen molar-refractivity contribution in [3.8, 4) is 5.75 Å². The largest absolute Gasteiger partial charge is 0.490 e. The number of sulfonamides is 1. The van der Waals surface area contributed by atoms with E-state index in [0.29, 0.717) is 24.3 Å². The summed E-state index contributed by atoms with van der Waals surface area (Å²) in [5, 5.41) is 0.790. The molecule has 4 heterocycles. The topological polar surface area (TPSA) is 112 Å². The number of alkyl halides is 3. The fourth-order valence-electron chi connectivity index (χ4n) is 6.59. The number of amides is 2. The maximum absolute atomic E-state index is 13.3. The molecule has 0 saturated carbocycles. The van der Waals surface area contributed by atoms with Crippen LogP contribution in [-0.2, 0) is 20.9 Å². The van der Waals surface area contributed by atoms with E-state index >= 15 is 0 Å². The van der Waals surface area contributed by atoms with Gasteiger partial charge in [0.1, 0.15) is 23.1 Å². The first-order valence-corrected chi connectivity index (χ1v) is 16.8. The molecule has 3 aromatic rings. The quantitative estimate of drug-likeness (QED) is 0.379. The number of carbonyl (C=O) groups excluding carboxylic acids is 2. The van der Waals surface area contributed by atoms with E-state index in [1.54, 1.807) is 11.0 Å². The van der Waals surface area contributed by atoms with Crippen LogP contribution in [0.3, 0.4) is 0 Å². The van der Waals surface area contributed by atoms with E-state index in [1.165, 1.54) is 4.31 Å². The predicted molar refractivity (Wildman–Crippen MR) is 163 cm³/mol. The van der Waals surface area contributed by atoms with Gasteiger partial charge in [0.05, 0.1) is 10.5 Å². The van der Waals surface area contributed by atoms with Crippen LogP contribution >= 0.6 is 0 Å². The Labute approximate surface area is 265 Å². The van der Waals surface area contributed by atoms with Gasteiger partial charge in [-0.15, -0.1) is 0 Å². The fraction of sp³-hybridized carbons (Fsp3) is 0.500. The van der Waals surface area contributed by atoms with E-state index in [1.807, 2.05) is 43.9 Å². The molecular formula is C32H37F3N4O6S. The summed E-state index contributed by atoms with van der Waals surface area (Å²) >= 11 is 0. The maximum Gasteiger partial charge on any atom is 0.416 e. The van der Waals surface area contributed by atoms with Crippen molar-refractivity contribution >= 4 is 32.9 Å². The number of rotatable bonds is 5. The molecule has 3 fully saturated rings. The molecule has 0 unspecified atom stereocenters. The highest BCUT2D eigenvalue weighted by Gasteiger charge is 2.45. The lowest BCUT2D eigenvalue weighted by molar-refractivity contribution is -0.137. The van der Waals surface area contributed by atoms with Gasteiger partial charge in [0.15, 0.2) is 0 Å². The van der Waals surface area contributed by atoms with Gasteiger partial charge in [-0.2, -0.15) is 17.5 Å².